The number of carbonyl (C=O) groups is 1. The van der Waals surface area contributed by atoms with Gasteiger partial charge in [0.25, 0.3) is 0 Å². The topological polar surface area (TPSA) is 38.3 Å². The molecule has 0 spiro atoms. The summed E-state index contributed by atoms with van der Waals surface area (Å²) in [7, 11) is 2.40. The largest absolute Gasteiger partial charge is 1.00 e. The highest BCUT2D eigenvalue weighted by Crippen LogP contribution is 2.32. The molecule has 0 bridgehead atoms. The highest BCUT2D eigenvalue weighted by Gasteiger charge is 2.25. The molecule has 4 nitrogen and oxygen atoms in total. The van der Waals surface area contributed by atoms with Gasteiger partial charge in [-0.15, -0.1) is 0 Å². The van der Waals surface area contributed by atoms with Crippen molar-refractivity contribution < 1.29 is 38.0 Å². The van der Waals surface area contributed by atoms with Crippen LogP contribution in [0, 0.1) is 0 Å². The normalized spacial score (nSPS) is 17.0. The molecule has 2 aliphatic rings. The molecule has 2 aromatic carbocycles. The van der Waals surface area contributed by atoms with Crippen LogP contribution >= 0.6 is 0 Å². The van der Waals surface area contributed by atoms with E-state index in [2.05, 4.69) is 30.6 Å². The van der Waals surface area contributed by atoms with Crippen LogP contribution in [0.15, 0.2) is 36.4 Å². The molecule has 5 heteroatoms. The lowest BCUT2D eigenvalue weighted by atomic mass is 10.00. The Labute approximate surface area is 191 Å². The van der Waals surface area contributed by atoms with Crippen molar-refractivity contribution in [2.24, 2.45) is 0 Å². The maximum atomic E-state index is 12.1. The molecule has 29 heavy (non-hydrogen) atoms. The lowest BCUT2D eigenvalue weighted by Gasteiger charge is -2.38. The molecule has 4 rings (SSSR count). The monoisotopic (exact) mass is 506 g/mol. The zero-order valence-electron chi connectivity index (χ0n) is 17.5. The van der Waals surface area contributed by atoms with E-state index in [9.17, 15) is 4.79 Å². The number of quaternary nitrogens is 1. The third kappa shape index (κ3) is 5.12. The van der Waals surface area contributed by atoms with Crippen molar-refractivity contribution in [3.8, 4) is 0 Å². The summed E-state index contributed by atoms with van der Waals surface area (Å²) < 4.78 is 6.31. The van der Waals surface area contributed by atoms with E-state index in [1.165, 1.54) is 54.7 Å². The average molecular weight is 506 g/mol. The third-order valence-corrected chi connectivity index (χ3v) is 6.18. The van der Waals surface area contributed by atoms with Gasteiger partial charge in [0.05, 0.1) is 32.3 Å². The summed E-state index contributed by atoms with van der Waals surface area (Å²) in [6, 6.07) is 12.7. The molecular weight excluding hydrogens is 475 g/mol. The Morgan fingerprint density at radius 2 is 1.66 bits per heavy atom. The molecule has 0 unspecified atom stereocenters. The summed E-state index contributed by atoms with van der Waals surface area (Å²) in [5.74, 6) is -0.243. The van der Waals surface area contributed by atoms with Gasteiger partial charge >= 0.3 is 5.97 Å². The zero-order chi connectivity index (χ0) is 19.6. The van der Waals surface area contributed by atoms with Gasteiger partial charge in [-0.3, -0.25) is 0 Å². The minimum atomic E-state index is -0.243. The van der Waals surface area contributed by atoms with E-state index >= 15 is 0 Å². The predicted octanol–water partition coefficient (Wildman–Crippen LogP) is 1.84. The Hall–Kier alpha value is -1.60. The van der Waals surface area contributed by atoms with Crippen LogP contribution in [0.1, 0.15) is 53.2 Å². The van der Waals surface area contributed by atoms with Crippen LogP contribution in [0.25, 0.3) is 0 Å². The number of benzene rings is 2. The van der Waals surface area contributed by atoms with Gasteiger partial charge in [-0.25, -0.2) is 4.79 Å². The van der Waals surface area contributed by atoms with E-state index in [4.69, 9.17) is 4.74 Å². The number of likely N-dealkylation sites (tertiary alicyclic amines) is 1. The first-order valence-electron chi connectivity index (χ1n) is 10.6. The summed E-state index contributed by atoms with van der Waals surface area (Å²) in [4.78, 5) is 12.1. The number of ether oxygens (including phenoxy) is 1. The molecule has 0 radical (unpaired) electrons. The fourth-order valence-corrected chi connectivity index (χ4v) is 4.63. The molecule has 156 valence electrons. The predicted molar refractivity (Wildman–Crippen MR) is 113 cm³/mol. The first-order chi connectivity index (χ1) is 13.6. The molecule has 2 aliphatic heterocycles. The Balaban J connectivity index is 0.00000240. The molecule has 0 aliphatic carbocycles. The number of rotatable bonds is 4. The molecule has 1 N–H and O–H groups in total. The summed E-state index contributed by atoms with van der Waals surface area (Å²) in [6.07, 6.45) is 5.99. The SMILES string of the molecule is CCOC(=O)c1ccc2c(c1)CCc1cc(C[N+]3(C)CCCCC3)ccc1N2.[I-]. The van der Waals surface area contributed by atoms with E-state index in [-0.39, 0.29) is 29.9 Å². The Morgan fingerprint density at radius 3 is 2.34 bits per heavy atom. The van der Waals surface area contributed by atoms with E-state index in [1.807, 2.05) is 25.1 Å². The molecule has 1 saturated heterocycles. The Bertz CT molecular complexity index is 875. The number of esters is 1. The molecule has 0 aromatic heterocycles. The summed E-state index contributed by atoms with van der Waals surface area (Å²) in [5, 5.41) is 3.58. The van der Waals surface area contributed by atoms with Gasteiger partial charge < -0.3 is 38.5 Å². The van der Waals surface area contributed by atoms with Crippen molar-refractivity contribution >= 4 is 17.3 Å². The number of anilines is 2. The first-order valence-corrected chi connectivity index (χ1v) is 10.6. The maximum Gasteiger partial charge on any atom is 0.338 e. The van der Waals surface area contributed by atoms with Crippen LogP contribution in [-0.2, 0) is 24.1 Å². The lowest BCUT2D eigenvalue weighted by Crippen LogP contribution is -3.00. The van der Waals surface area contributed by atoms with Crippen LogP contribution in [0.4, 0.5) is 11.4 Å². The van der Waals surface area contributed by atoms with Gasteiger partial charge in [-0.2, -0.15) is 0 Å². The minimum absolute atomic E-state index is 0. The smallest absolute Gasteiger partial charge is 0.338 e. The summed E-state index contributed by atoms with van der Waals surface area (Å²) in [6.45, 7) is 5.94. The molecule has 2 aromatic rings. The van der Waals surface area contributed by atoms with Gasteiger partial charge in [-0.05, 0) is 80.5 Å². The Kier molecular flexibility index (Phi) is 7.22. The van der Waals surface area contributed by atoms with Gasteiger partial charge in [0.1, 0.15) is 6.54 Å². The first kappa shape index (κ1) is 22.1. The number of nitrogens with one attached hydrogen (secondary N) is 1. The van der Waals surface area contributed by atoms with Crippen molar-refractivity contribution in [1.82, 2.24) is 0 Å². The third-order valence-electron chi connectivity index (χ3n) is 6.18. The van der Waals surface area contributed by atoms with Crippen molar-refractivity contribution in [1.29, 1.82) is 0 Å². The molecule has 0 saturated carbocycles. The van der Waals surface area contributed by atoms with Crippen molar-refractivity contribution in [3.05, 3.63) is 58.7 Å². The molecule has 1 fully saturated rings. The van der Waals surface area contributed by atoms with Gasteiger partial charge in [0.2, 0.25) is 0 Å². The standard InChI is InChI=1S/C24H30N2O2.HI/c1-3-28-24(27)21-10-12-23-20(16-21)9-8-19-15-18(7-11-22(19)25-23)17-26(2)13-5-4-6-14-26;/h7,10-12,15-16H,3-6,8-9,13-14,17H2,1-2H3;1H. The highest BCUT2D eigenvalue weighted by molar-refractivity contribution is 5.90. The van der Waals surface area contributed by atoms with E-state index in [1.54, 1.807) is 0 Å². The number of hydrogen-bond acceptors (Lipinski definition) is 3. The second-order valence-electron chi connectivity index (χ2n) is 8.49. The van der Waals surface area contributed by atoms with Crippen LogP contribution in [-0.4, -0.2) is 37.2 Å². The molecular formula is C24H31IN2O2. The molecule has 2 heterocycles. The quantitative estimate of drug-likeness (QED) is 0.391. The zero-order valence-corrected chi connectivity index (χ0v) is 19.6. The van der Waals surface area contributed by atoms with E-state index in [0.29, 0.717) is 12.2 Å². The van der Waals surface area contributed by atoms with E-state index in [0.717, 1.165) is 29.6 Å². The number of piperidine rings is 1. The fourth-order valence-electron chi connectivity index (χ4n) is 4.63. The van der Waals surface area contributed by atoms with Crippen molar-refractivity contribution in [2.45, 2.75) is 45.6 Å². The summed E-state index contributed by atoms with van der Waals surface area (Å²) in [5.41, 5.74) is 6.90. The van der Waals surface area contributed by atoms with Gasteiger partial charge in [0.15, 0.2) is 0 Å². The second-order valence-corrected chi connectivity index (χ2v) is 8.49. The minimum Gasteiger partial charge on any atom is -1.00 e. The summed E-state index contributed by atoms with van der Waals surface area (Å²) >= 11 is 0. The lowest BCUT2D eigenvalue weighted by molar-refractivity contribution is -0.926. The van der Waals surface area contributed by atoms with Crippen LogP contribution < -0.4 is 29.3 Å². The highest BCUT2D eigenvalue weighted by atomic mass is 127. The number of fused-ring (bicyclic) bond motifs is 2. The van der Waals surface area contributed by atoms with Crippen LogP contribution in [0.3, 0.4) is 0 Å². The number of nitrogens with zero attached hydrogens (tertiary/aromatic N) is 1. The fraction of sp³-hybridized carbons (Fsp3) is 0.458. The number of aryl methyl sites for hydroxylation is 2. The second kappa shape index (κ2) is 9.47. The average Bonchev–Trinajstić information content (AvgIpc) is 2.87. The Morgan fingerprint density at radius 1 is 1.00 bits per heavy atom. The number of carbonyl (C=O) groups excluding carboxylic acids is 1. The van der Waals surface area contributed by atoms with Crippen LogP contribution in [0.2, 0.25) is 0 Å². The maximum absolute atomic E-state index is 12.1. The molecule has 0 amide bonds. The number of hydrogen-bond donors (Lipinski definition) is 1. The van der Waals surface area contributed by atoms with Gasteiger partial charge in [0, 0.05) is 16.9 Å². The van der Waals surface area contributed by atoms with Crippen LogP contribution in [0.5, 0.6) is 0 Å². The van der Waals surface area contributed by atoms with Gasteiger partial charge in [-0.1, -0.05) is 6.07 Å². The van der Waals surface area contributed by atoms with E-state index < -0.39 is 0 Å². The van der Waals surface area contributed by atoms with Crippen molar-refractivity contribution in [2.75, 3.05) is 32.1 Å². The van der Waals surface area contributed by atoms with Crippen molar-refractivity contribution in [3.63, 3.8) is 0 Å². The molecule has 0 atom stereocenters. The number of halogens is 1.